The Labute approximate surface area is 110 Å². The van der Waals surface area contributed by atoms with E-state index in [4.69, 9.17) is 10.8 Å². The molecule has 0 unspecified atom stereocenters. The van der Waals surface area contributed by atoms with E-state index in [0.717, 1.165) is 0 Å². The Morgan fingerprint density at radius 2 is 1.58 bits per heavy atom. The molecule has 0 saturated carbocycles. The second-order valence-electron chi connectivity index (χ2n) is 3.59. The lowest BCUT2D eigenvalue weighted by Gasteiger charge is -2.18. The Morgan fingerprint density at radius 3 is 1.95 bits per heavy atom. The lowest BCUT2D eigenvalue weighted by molar-refractivity contribution is -0.143. The van der Waals surface area contributed by atoms with E-state index < -0.39 is 41.7 Å². The summed E-state index contributed by atoms with van der Waals surface area (Å²) in [6, 6.07) is -0.263. The van der Waals surface area contributed by atoms with E-state index in [2.05, 4.69) is 0 Å². The Balaban J connectivity index is 0.00000324. The maximum Gasteiger partial charge on any atom is 0.416 e. The summed E-state index contributed by atoms with van der Waals surface area (Å²) in [5, 5.41) is 8.69. The van der Waals surface area contributed by atoms with E-state index in [0.29, 0.717) is 12.1 Å². The van der Waals surface area contributed by atoms with Crippen molar-refractivity contribution in [1.82, 2.24) is 0 Å². The van der Waals surface area contributed by atoms with Crippen molar-refractivity contribution in [2.45, 2.75) is 18.4 Å². The second kappa shape index (κ2) is 5.98. The zero-order valence-electron chi connectivity index (χ0n) is 9.22. The summed E-state index contributed by atoms with van der Waals surface area (Å²) in [5.41, 5.74) is 1.75. The van der Waals surface area contributed by atoms with Crippen LogP contribution >= 0.6 is 12.4 Å². The fourth-order valence-corrected chi connectivity index (χ4v) is 1.40. The van der Waals surface area contributed by atoms with E-state index in [9.17, 15) is 26.3 Å². The molecular formula is C10H10ClF6NO. The van der Waals surface area contributed by atoms with Crippen LogP contribution in [-0.4, -0.2) is 11.7 Å². The fourth-order valence-electron chi connectivity index (χ4n) is 1.40. The summed E-state index contributed by atoms with van der Waals surface area (Å²) < 4.78 is 74.8. The summed E-state index contributed by atoms with van der Waals surface area (Å²) in [6.07, 6.45) is -9.84. The molecule has 110 valence electrons. The lowest BCUT2D eigenvalue weighted by atomic mass is 9.98. The third kappa shape index (κ3) is 4.26. The zero-order valence-corrected chi connectivity index (χ0v) is 10.0. The third-order valence-electron chi connectivity index (χ3n) is 2.28. The SMILES string of the molecule is Cl.N[C@@H](CO)c1ccc(C(F)(F)F)cc1C(F)(F)F. The van der Waals surface area contributed by atoms with Crippen LogP contribution in [0.2, 0.25) is 0 Å². The summed E-state index contributed by atoms with van der Waals surface area (Å²) in [5.74, 6) is 0. The maximum atomic E-state index is 12.6. The molecule has 0 heterocycles. The highest BCUT2D eigenvalue weighted by Gasteiger charge is 2.38. The van der Waals surface area contributed by atoms with E-state index >= 15 is 0 Å². The first-order valence-electron chi connectivity index (χ1n) is 4.72. The molecule has 0 radical (unpaired) electrons. The maximum absolute atomic E-state index is 12.6. The van der Waals surface area contributed by atoms with Crippen LogP contribution < -0.4 is 5.73 Å². The third-order valence-corrected chi connectivity index (χ3v) is 2.28. The molecule has 0 aliphatic rings. The van der Waals surface area contributed by atoms with Crippen molar-refractivity contribution < 1.29 is 31.4 Å². The average Bonchev–Trinajstić information content (AvgIpc) is 2.24. The highest BCUT2D eigenvalue weighted by molar-refractivity contribution is 5.85. The normalized spacial score (nSPS) is 13.9. The number of nitrogens with two attached hydrogens (primary N) is 1. The molecule has 0 aliphatic carbocycles. The van der Waals surface area contributed by atoms with Crippen molar-refractivity contribution in [3.63, 3.8) is 0 Å². The van der Waals surface area contributed by atoms with Crippen molar-refractivity contribution >= 4 is 12.4 Å². The van der Waals surface area contributed by atoms with Gasteiger partial charge in [0.1, 0.15) is 0 Å². The molecule has 0 aromatic heterocycles. The van der Waals surface area contributed by atoms with Crippen LogP contribution in [0.3, 0.4) is 0 Å². The molecule has 0 fully saturated rings. The predicted octanol–water partition coefficient (Wildman–Crippen LogP) is 3.14. The molecule has 1 rings (SSSR count). The molecule has 2 nitrogen and oxygen atoms in total. The number of alkyl halides is 6. The van der Waals surface area contributed by atoms with E-state index in [-0.39, 0.29) is 18.5 Å². The standard InChI is InChI=1S/C10H9F6NO.ClH/c11-9(12,13)5-1-2-6(8(17)4-18)7(3-5)10(14,15)16;/h1-3,8,18H,4,17H2;1H/t8-;/m0./s1. The molecule has 19 heavy (non-hydrogen) atoms. The predicted molar refractivity (Wildman–Crippen MR) is 57.7 cm³/mol. The first-order chi connectivity index (χ1) is 8.07. The van der Waals surface area contributed by atoms with Gasteiger partial charge in [-0.3, -0.25) is 0 Å². The van der Waals surface area contributed by atoms with Crippen molar-refractivity contribution in [2.75, 3.05) is 6.61 Å². The van der Waals surface area contributed by atoms with Crippen LogP contribution in [0.1, 0.15) is 22.7 Å². The van der Waals surface area contributed by atoms with E-state index in [1.54, 1.807) is 0 Å². The van der Waals surface area contributed by atoms with Crippen LogP contribution in [0, 0.1) is 0 Å². The molecule has 0 bridgehead atoms. The number of benzene rings is 1. The van der Waals surface area contributed by atoms with Gasteiger partial charge < -0.3 is 10.8 Å². The molecule has 1 aromatic rings. The minimum absolute atomic E-state index is 0. The molecule has 1 atom stereocenters. The monoisotopic (exact) mass is 309 g/mol. The quantitative estimate of drug-likeness (QED) is 0.825. The topological polar surface area (TPSA) is 46.2 Å². The molecule has 3 N–H and O–H groups in total. The van der Waals surface area contributed by atoms with Gasteiger partial charge in [0.15, 0.2) is 0 Å². The zero-order chi connectivity index (χ0) is 14.1. The van der Waals surface area contributed by atoms with Gasteiger partial charge in [-0.1, -0.05) is 6.07 Å². The Hall–Kier alpha value is -0.990. The van der Waals surface area contributed by atoms with E-state index in [1.165, 1.54) is 0 Å². The molecule has 1 aromatic carbocycles. The fraction of sp³-hybridized carbons (Fsp3) is 0.400. The van der Waals surface area contributed by atoms with Crippen molar-refractivity contribution in [1.29, 1.82) is 0 Å². The van der Waals surface area contributed by atoms with Crippen LogP contribution in [0.5, 0.6) is 0 Å². The number of hydrogen-bond acceptors (Lipinski definition) is 2. The Kier molecular flexibility index (Phi) is 5.66. The first kappa shape index (κ1) is 18.0. The summed E-state index contributed by atoms with van der Waals surface area (Å²) >= 11 is 0. The minimum Gasteiger partial charge on any atom is -0.394 e. The highest BCUT2D eigenvalue weighted by Crippen LogP contribution is 2.38. The van der Waals surface area contributed by atoms with Crippen LogP contribution in [0.25, 0.3) is 0 Å². The van der Waals surface area contributed by atoms with Crippen LogP contribution in [-0.2, 0) is 12.4 Å². The van der Waals surface area contributed by atoms with Gasteiger partial charge in [0.2, 0.25) is 0 Å². The lowest BCUT2D eigenvalue weighted by Crippen LogP contribution is -2.21. The molecule has 9 heteroatoms. The summed E-state index contributed by atoms with van der Waals surface area (Å²) in [7, 11) is 0. The smallest absolute Gasteiger partial charge is 0.394 e. The van der Waals surface area contributed by atoms with Crippen molar-refractivity contribution in [3.05, 3.63) is 34.9 Å². The van der Waals surface area contributed by atoms with Crippen LogP contribution in [0.4, 0.5) is 26.3 Å². The van der Waals surface area contributed by atoms with Gasteiger partial charge in [-0.2, -0.15) is 26.3 Å². The van der Waals surface area contributed by atoms with Gasteiger partial charge in [-0.05, 0) is 17.7 Å². The molecule has 0 spiro atoms. The van der Waals surface area contributed by atoms with Gasteiger partial charge >= 0.3 is 12.4 Å². The molecule has 0 amide bonds. The number of aliphatic hydroxyl groups excluding tert-OH is 1. The Bertz CT molecular complexity index is 431. The van der Waals surface area contributed by atoms with Crippen molar-refractivity contribution in [3.8, 4) is 0 Å². The largest absolute Gasteiger partial charge is 0.416 e. The number of aliphatic hydroxyl groups is 1. The average molecular weight is 310 g/mol. The number of halogens is 7. The first-order valence-corrected chi connectivity index (χ1v) is 4.72. The van der Waals surface area contributed by atoms with Gasteiger partial charge in [-0.25, -0.2) is 0 Å². The van der Waals surface area contributed by atoms with Gasteiger partial charge in [0, 0.05) is 0 Å². The summed E-state index contributed by atoms with van der Waals surface area (Å²) in [4.78, 5) is 0. The molecular weight excluding hydrogens is 300 g/mol. The van der Waals surface area contributed by atoms with Crippen LogP contribution in [0.15, 0.2) is 18.2 Å². The second-order valence-corrected chi connectivity index (χ2v) is 3.59. The van der Waals surface area contributed by atoms with Gasteiger partial charge in [-0.15, -0.1) is 12.4 Å². The van der Waals surface area contributed by atoms with E-state index in [1.807, 2.05) is 0 Å². The molecule has 0 aliphatic heterocycles. The minimum atomic E-state index is -4.97. The number of rotatable bonds is 2. The number of hydrogen-bond donors (Lipinski definition) is 2. The Morgan fingerprint density at radius 1 is 1.05 bits per heavy atom. The highest BCUT2D eigenvalue weighted by atomic mass is 35.5. The van der Waals surface area contributed by atoms with Crippen molar-refractivity contribution in [2.24, 2.45) is 5.73 Å². The summed E-state index contributed by atoms with van der Waals surface area (Å²) in [6.45, 7) is -0.797. The van der Waals surface area contributed by atoms with Gasteiger partial charge in [0.25, 0.3) is 0 Å². The van der Waals surface area contributed by atoms with Gasteiger partial charge in [0.05, 0.1) is 23.8 Å². The molecule has 0 saturated heterocycles.